The highest BCUT2D eigenvalue weighted by molar-refractivity contribution is 5.97. The number of esters is 2. The van der Waals surface area contributed by atoms with Crippen LogP contribution in [-0.4, -0.2) is 53.2 Å². The summed E-state index contributed by atoms with van der Waals surface area (Å²) in [6, 6.07) is 2.24. The van der Waals surface area contributed by atoms with Gasteiger partial charge in [0.15, 0.2) is 6.10 Å². The van der Waals surface area contributed by atoms with Crippen LogP contribution in [0.3, 0.4) is 0 Å². The molecule has 37 heavy (non-hydrogen) atoms. The van der Waals surface area contributed by atoms with E-state index in [1.165, 1.54) is 19.9 Å². The number of hydrogen-bond acceptors (Lipinski definition) is 9. The van der Waals surface area contributed by atoms with Gasteiger partial charge >= 0.3 is 24.1 Å². The number of ether oxygens (including phenoxy) is 4. The number of aldehydes is 1. The lowest BCUT2D eigenvalue weighted by Crippen LogP contribution is -2.42. The van der Waals surface area contributed by atoms with Gasteiger partial charge in [0.2, 0.25) is 0 Å². The lowest BCUT2D eigenvalue weighted by Gasteiger charge is -2.25. The maximum atomic E-state index is 12.6. The summed E-state index contributed by atoms with van der Waals surface area (Å²) < 4.78 is 23.5. The van der Waals surface area contributed by atoms with Crippen LogP contribution in [0.5, 0.6) is 5.75 Å². The van der Waals surface area contributed by atoms with Crippen molar-refractivity contribution < 1.29 is 42.9 Å². The number of carbonyl (C=O) groups is 5. The van der Waals surface area contributed by atoms with Gasteiger partial charge in [0.05, 0.1) is 17.3 Å². The SMILES string of the molecule is CCNC(=O)OCc1c2n(c3cc(C=O)cc(OC(C)=O)c13)C[C@H](NC(=O)OC(C)(C)C)[C@@H]2OC(C)=O. The number of aromatic nitrogens is 1. The third-order valence-electron chi connectivity index (χ3n) is 5.36. The molecule has 2 aromatic rings. The minimum atomic E-state index is -0.991. The molecule has 3 rings (SSSR count). The van der Waals surface area contributed by atoms with Crippen molar-refractivity contribution in [2.45, 2.75) is 72.4 Å². The first-order valence-corrected chi connectivity index (χ1v) is 11.7. The van der Waals surface area contributed by atoms with Crippen LogP contribution >= 0.6 is 0 Å². The van der Waals surface area contributed by atoms with E-state index in [1.807, 2.05) is 0 Å². The fourth-order valence-corrected chi connectivity index (χ4v) is 4.24. The fourth-order valence-electron chi connectivity index (χ4n) is 4.24. The molecule has 2 N–H and O–H groups in total. The van der Waals surface area contributed by atoms with Gasteiger partial charge in [0.1, 0.15) is 24.2 Å². The average Bonchev–Trinajstić information content (AvgIpc) is 3.25. The van der Waals surface area contributed by atoms with Crippen LogP contribution in [0.2, 0.25) is 0 Å². The Morgan fingerprint density at radius 1 is 1.11 bits per heavy atom. The van der Waals surface area contributed by atoms with Gasteiger partial charge in [-0.3, -0.25) is 14.4 Å². The second kappa shape index (κ2) is 10.9. The minimum absolute atomic E-state index is 0.0849. The summed E-state index contributed by atoms with van der Waals surface area (Å²) in [5.41, 5.74) is 0.760. The summed E-state index contributed by atoms with van der Waals surface area (Å²) in [6.45, 7) is 9.54. The highest BCUT2D eigenvalue weighted by atomic mass is 16.6. The molecule has 0 fully saturated rings. The molecule has 1 aliphatic heterocycles. The van der Waals surface area contributed by atoms with Crippen LogP contribution in [0.1, 0.15) is 69.3 Å². The van der Waals surface area contributed by atoms with E-state index in [2.05, 4.69) is 10.6 Å². The highest BCUT2D eigenvalue weighted by Crippen LogP contribution is 2.43. The number of rotatable bonds is 7. The van der Waals surface area contributed by atoms with Crippen LogP contribution in [0, 0.1) is 0 Å². The molecule has 1 aromatic carbocycles. The third-order valence-corrected chi connectivity index (χ3v) is 5.36. The average molecular weight is 518 g/mol. The van der Waals surface area contributed by atoms with Crippen LogP contribution in [-0.2, 0) is 37.0 Å². The molecule has 1 aromatic heterocycles. The molecule has 2 atom stereocenters. The summed E-state index contributed by atoms with van der Waals surface area (Å²) in [5.74, 6) is -1.14. The number of nitrogens with one attached hydrogen (secondary N) is 2. The quantitative estimate of drug-likeness (QED) is 0.244. The Morgan fingerprint density at radius 2 is 1.81 bits per heavy atom. The molecule has 0 aliphatic carbocycles. The Kier molecular flexibility index (Phi) is 8.09. The van der Waals surface area contributed by atoms with E-state index >= 15 is 0 Å². The fraction of sp³-hybridized carbons (Fsp3) is 0.480. The van der Waals surface area contributed by atoms with E-state index in [-0.39, 0.29) is 24.5 Å². The van der Waals surface area contributed by atoms with Gasteiger partial charge in [0.25, 0.3) is 0 Å². The number of amides is 2. The maximum absolute atomic E-state index is 12.6. The van der Waals surface area contributed by atoms with Crippen molar-refractivity contribution in [2.75, 3.05) is 6.54 Å². The second-order valence-corrected chi connectivity index (χ2v) is 9.49. The smallest absolute Gasteiger partial charge is 0.408 e. The van der Waals surface area contributed by atoms with Crippen LogP contribution in [0.15, 0.2) is 12.1 Å². The number of fused-ring (bicyclic) bond motifs is 3. The zero-order chi connectivity index (χ0) is 27.5. The van der Waals surface area contributed by atoms with Crippen molar-refractivity contribution >= 4 is 41.3 Å². The molecule has 1 aliphatic rings. The Hall–Kier alpha value is -4.09. The van der Waals surface area contributed by atoms with Gasteiger partial charge in [0, 0.05) is 43.5 Å². The highest BCUT2D eigenvalue weighted by Gasteiger charge is 2.42. The number of carbonyl (C=O) groups excluding carboxylic acids is 5. The van der Waals surface area contributed by atoms with Gasteiger partial charge < -0.3 is 34.1 Å². The van der Waals surface area contributed by atoms with Gasteiger partial charge in [-0.2, -0.15) is 0 Å². The topological polar surface area (TPSA) is 151 Å². The first-order valence-electron chi connectivity index (χ1n) is 11.7. The molecule has 0 spiro atoms. The Bertz CT molecular complexity index is 1240. The molecule has 2 heterocycles. The van der Waals surface area contributed by atoms with Crippen molar-refractivity contribution in [1.82, 2.24) is 15.2 Å². The zero-order valence-electron chi connectivity index (χ0n) is 21.6. The number of hydrogen-bond donors (Lipinski definition) is 2. The molecule has 0 unspecified atom stereocenters. The summed E-state index contributed by atoms with van der Waals surface area (Å²) >= 11 is 0. The Labute approximate surface area is 213 Å². The minimum Gasteiger partial charge on any atom is -0.454 e. The molecule has 12 heteroatoms. The van der Waals surface area contributed by atoms with E-state index < -0.39 is 41.9 Å². The van der Waals surface area contributed by atoms with E-state index in [4.69, 9.17) is 18.9 Å². The molecule has 0 saturated heterocycles. The van der Waals surface area contributed by atoms with E-state index in [0.717, 1.165) is 0 Å². The summed E-state index contributed by atoms with van der Waals surface area (Å²) in [5, 5.41) is 5.68. The van der Waals surface area contributed by atoms with Crippen LogP contribution < -0.4 is 15.4 Å². The van der Waals surface area contributed by atoms with E-state index in [1.54, 1.807) is 38.3 Å². The van der Waals surface area contributed by atoms with Crippen molar-refractivity contribution in [3.63, 3.8) is 0 Å². The summed E-state index contributed by atoms with van der Waals surface area (Å²) in [7, 11) is 0. The normalized spacial score (nSPS) is 16.5. The lowest BCUT2D eigenvalue weighted by molar-refractivity contribution is -0.147. The molecular weight excluding hydrogens is 486 g/mol. The van der Waals surface area contributed by atoms with Crippen LogP contribution in [0.4, 0.5) is 9.59 Å². The molecule has 0 saturated carbocycles. The van der Waals surface area contributed by atoms with Gasteiger partial charge in [-0.05, 0) is 39.8 Å². The summed E-state index contributed by atoms with van der Waals surface area (Å²) in [4.78, 5) is 60.3. The Balaban J connectivity index is 2.19. The van der Waals surface area contributed by atoms with E-state index in [0.29, 0.717) is 35.0 Å². The monoisotopic (exact) mass is 517 g/mol. The number of benzene rings is 1. The largest absolute Gasteiger partial charge is 0.454 e. The van der Waals surface area contributed by atoms with Crippen molar-refractivity contribution in [3.8, 4) is 5.75 Å². The van der Waals surface area contributed by atoms with Crippen molar-refractivity contribution in [1.29, 1.82) is 0 Å². The molecule has 200 valence electrons. The van der Waals surface area contributed by atoms with Crippen LogP contribution in [0.25, 0.3) is 10.9 Å². The van der Waals surface area contributed by atoms with E-state index in [9.17, 15) is 24.0 Å². The zero-order valence-corrected chi connectivity index (χ0v) is 21.6. The number of nitrogens with zero attached hydrogens (tertiary/aromatic N) is 1. The second-order valence-electron chi connectivity index (χ2n) is 9.49. The lowest BCUT2D eigenvalue weighted by atomic mass is 10.0. The third kappa shape index (κ3) is 6.38. The predicted molar refractivity (Wildman–Crippen MR) is 130 cm³/mol. The predicted octanol–water partition coefficient (Wildman–Crippen LogP) is 3.14. The molecule has 12 nitrogen and oxygen atoms in total. The maximum Gasteiger partial charge on any atom is 0.408 e. The first kappa shape index (κ1) is 27.5. The van der Waals surface area contributed by atoms with Gasteiger partial charge in [-0.25, -0.2) is 9.59 Å². The molecule has 0 radical (unpaired) electrons. The summed E-state index contributed by atoms with van der Waals surface area (Å²) in [6.07, 6.45) is -1.78. The molecule has 2 amide bonds. The Morgan fingerprint density at radius 3 is 2.38 bits per heavy atom. The number of alkyl carbamates (subject to hydrolysis) is 2. The van der Waals surface area contributed by atoms with Crippen molar-refractivity contribution in [2.24, 2.45) is 0 Å². The molecule has 0 bridgehead atoms. The first-order chi connectivity index (χ1) is 17.3. The molecular formula is C25H31N3O9. The van der Waals surface area contributed by atoms with Gasteiger partial charge in [-0.15, -0.1) is 0 Å². The standard InChI is InChI=1S/C25H31N3O9/c1-7-26-23(32)34-12-16-20-18(8-15(11-29)9-19(20)35-13(2)30)28-10-17(22(21(16)28)36-14(3)31)27-24(33)37-25(4,5)6/h8-9,11,17,22H,7,10,12H2,1-6H3,(H,26,32)(H,27,33)/t17-,22-/m0/s1. The van der Waals surface area contributed by atoms with Crippen molar-refractivity contribution in [3.05, 3.63) is 29.0 Å². The van der Waals surface area contributed by atoms with Gasteiger partial charge in [-0.1, -0.05) is 0 Å².